The maximum absolute atomic E-state index is 12.5. The van der Waals surface area contributed by atoms with Crippen LogP contribution < -0.4 is 15.0 Å². The number of aromatic nitrogens is 1. The van der Waals surface area contributed by atoms with E-state index in [0.29, 0.717) is 30.1 Å². The number of amides is 2. The standard InChI is InChI=1S/C23H23N3O3S/c1-29-20-10-9-17(13-19(20)26-11-5-8-23(26)28)24-21(27)14-18-15-30-22(25-18)12-16-6-3-2-4-7-16/h2-4,6-7,9-10,13,15H,5,8,11-12,14H2,1H3,(H,24,27). The molecule has 154 valence electrons. The lowest BCUT2D eigenvalue weighted by Crippen LogP contribution is -2.24. The van der Waals surface area contributed by atoms with Gasteiger partial charge in [-0.15, -0.1) is 11.3 Å². The van der Waals surface area contributed by atoms with Crippen molar-refractivity contribution >= 4 is 34.5 Å². The number of ether oxygens (including phenoxy) is 1. The highest BCUT2D eigenvalue weighted by Gasteiger charge is 2.25. The van der Waals surface area contributed by atoms with E-state index in [4.69, 9.17) is 4.74 Å². The van der Waals surface area contributed by atoms with Gasteiger partial charge in [0.2, 0.25) is 11.8 Å². The van der Waals surface area contributed by atoms with Crippen LogP contribution in [0.1, 0.15) is 29.1 Å². The van der Waals surface area contributed by atoms with E-state index in [0.717, 1.165) is 23.5 Å². The summed E-state index contributed by atoms with van der Waals surface area (Å²) < 4.78 is 5.40. The summed E-state index contributed by atoms with van der Waals surface area (Å²) in [6.07, 6.45) is 2.33. The number of anilines is 2. The Morgan fingerprint density at radius 1 is 1.23 bits per heavy atom. The summed E-state index contributed by atoms with van der Waals surface area (Å²) in [6.45, 7) is 0.662. The van der Waals surface area contributed by atoms with Crippen molar-refractivity contribution in [2.75, 3.05) is 23.9 Å². The minimum atomic E-state index is -0.143. The Bertz CT molecular complexity index is 1050. The first-order valence-corrected chi connectivity index (χ1v) is 10.8. The number of carbonyl (C=O) groups is 2. The van der Waals surface area contributed by atoms with Crippen LogP contribution in [0, 0.1) is 0 Å². The van der Waals surface area contributed by atoms with Crippen LogP contribution >= 0.6 is 11.3 Å². The first kappa shape index (κ1) is 20.1. The van der Waals surface area contributed by atoms with E-state index in [9.17, 15) is 9.59 Å². The lowest BCUT2D eigenvalue weighted by atomic mass is 10.2. The summed E-state index contributed by atoms with van der Waals surface area (Å²) in [6, 6.07) is 15.5. The molecule has 7 heteroatoms. The number of hydrogen-bond acceptors (Lipinski definition) is 5. The molecule has 2 heterocycles. The van der Waals surface area contributed by atoms with E-state index >= 15 is 0 Å². The number of benzene rings is 2. The van der Waals surface area contributed by atoms with Gasteiger partial charge in [-0.25, -0.2) is 4.98 Å². The Hall–Kier alpha value is -3.19. The van der Waals surface area contributed by atoms with Crippen molar-refractivity contribution in [3.63, 3.8) is 0 Å². The molecule has 1 aromatic heterocycles. The van der Waals surface area contributed by atoms with Gasteiger partial charge in [0.05, 0.1) is 29.9 Å². The van der Waals surface area contributed by atoms with Crippen molar-refractivity contribution < 1.29 is 14.3 Å². The molecule has 0 aliphatic carbocycles. The van der Waals surface area contributed by atoms with Crippen molar-refractivity contribution in [3.8, 4) is 5.75 Å². The fourth-order valence-electron chi connectivity index (χ4n) is 3.53. The van der Waals surface area contributed by atoms with Crippen molar-refractivity contribution in [2.45, 2.75) is 25.7 Å². The molecule has 0 spiro atoms. The number of methoxy groups -OCH3 is 1. The first-order valence-electron chi connectivity index (χ1n) is 9.88. The second-order valence-electron chi connectivity index (χ2n) is 7.16. The van der Waals surface area contributed by atoms with E-state index in [1.54, 1.807) is 41.5 Å². The van der Waals surface area contributed by atoms with Crippen LogP contribution in [-0.2, 0) is 22.4 Å². The molecule has 0 saturated carbocycles. The third-order valence-electron chi connectivity index (χ3n) is 4.97. The Balaban J connectivity index is 1.41. The molecular formula is C23H23N3O3S. The molecule has 2 amide bonds. The molecular weight excluding hydrogens is 398 g/mol. The predicted octanol–water partition coefficient (Wildman–Crippen LogP) is 4.05. The summed E-state index contributed by atoms with van der Waals surface area (Å²) in [7, 11) is 1.58. The van der Waals surface area contributed by atoms with Gasteiger partial charge in [-0.2, -0.15) is 0 Å². The average Bonchev–Trinajstić information content (AvgIpc) is 3.37. The first-order chi connectivity index (χ1) is 14.6. The molecule has 1 saturated heterocycles. The van der Waals surface area contributed by atoms with Crippen molar-refractivity contribution in [1.29, 1.82) is 0 Å². The quantitative estimate of drug-likeness (QED) is 0.625. The minimum Gasteiger partial charge on any atom is -0.495 e. The number of rotatable bonds is 7. The molecule has 3 aromatic rings. The fraction of sp³-hybridized carbons (Fsp3) is 0.261. The molecule has 6 nitrogen and oxygen atoms in total. The molecule has 1 fully saturated rings. The van der Waals surface area contributed by atoms with E-state index in [-0.39, 0.29) is 18.2 Å². The average molecular weight is 422 g/mol. The number of nitrogens with zero attached hydrogens (tertiary/aromatic N) is 2. The topological polar surface area (TPSA) is 71.5 Å². The van der Waals surface area contributed by atoms with E-state index in [2.05, 4.69) is 22.4 Å². The van der Waals surface area contributed by atoms with Crippen LogP contribution in [0.3, 0.4) is 0 Å². The smallest absolute Gasteiger partial charge is 0.230 e. The van der Waals surface area contributed by atoms with Crippen LogP contribution in [-0.4, -0.2) is 30.5 Å². The van der Waals surface area contributed by atoms with Gasteiger partial charge in [0.25, 0.3) is 0 Å². The van der Waals surface area contributed by atoms with Gasteiger partial charge in [0.1, 0.15) is 5.75 Å². The van der Waals surface area contributed by atoms with Crippen LogP contribution in [0.15, 0.2) is 53.9 Å². The Kier molecular flexibility index (Phi) is 6.09. The normalized spacial score (nSPS) is 13.5. The highest BCUT2D eigenvalue weighted by Crippen LogP contribution is 2.34. The third kappa shape index (κ3) is 4.68. The summed E-state index contributed by atoms with van der Waals surface area (Å²) in [5.74, 6) is 0.550. The molecule has 1 N–H and O–H groups in total. The van der Waals surface area contributed by atoms with E-state index in [1.807, 2.05) is 23.6 Å². The predicted molar refractivity (Wildman–Crippen MR) is 118 cm³/mol. The maximum Gasteiger partial charge on any atom is 0.230 e. The number of thiazole rings is 1. The number of carbonyl (C=O) groups excluding carboxylic acids is 2. The molecule has 0 radical (unpaired) electrons. The maximum atomic E-state index is 12.5. The second kappa shape index (κ2) is 9.09. The monoisotopic (exact) mass is 421 g/mol. The van der Waals surface area contributed by atoms with Crippen LogP contribution in [0.5, 0.6) is 5.75 Å². The zero-order chi connectivity index (χ0) is 20.9. The van der Waals surface area contributed by atoms with Gasteiger partial charge >= 0.3 is 0 Å². The Morgan fingerprint density at radius 3 is 2.80 bits per heavy atom. The van der Waals surface area contributed by atoms with Gasteiger partial charge in [0, 0.05) is 30.5 Å². The highest BCUT2D eigenvalue weighted by molar-refractivity contribution is 7.09. The molecule has 0 bridgehead atoms. The van der Waals surface area contributed by atoms with Crippen LogP contribution in [0.2, 0.25) is 0 Å². The van der Waals surface area contributed by atoms with Gasteiger partial charge in [0.15, 0.2) is 0 Å². The van der Waals surface area contributed by atoms with Gasteiger partial charge in [-0.1, -0.05) is 30.3 Å². The van der Waals surface area contributed by atoms with Gasteiger partial charge in [-0.05, 0) is 30.2 Å². The third-order valence-corrected chi connectivity index (χ3v) is 5.86. The molecule has 1 aliphatic rings. The lowest BCUT2D eigenvalue weighted by molar-refractivity contribution is -0.117. The molecule has 0 atom stereocenters. The van der Waals surface area contributed by atoms with Crippen molar-refractivity contribution in [2.24, 2.45) is 0 Å². The Morgan fingerprint density at radius 2 is 2.07 bits per heavy atom. The molecule has 2 aromatic carbocycles. The molecule has 30 heavy (non-hydrogen) atoms. The van der Waals surface area contributed by atoms with Crippen LogP contribution in [0.4, 0.5) is 11.4 Å². The summed E-state index contributed by atoms with van der Waals surface area (Å²) >= 11 is 1.57. The zero-order valence-electron chi connectivity index (χ0n) is 16.8. The Labute approximate surface area is 179 Å². The molecule has 0 unspecified atom stereocenters. The second-order valence-corrected chi connectivity index (χ2v) is 8.10. The molecule has 4 rings (SSSR count). The van der Waals surface area contributed by atoms with Crippen LogP contribution in [0.25, 0.3) is 0 Å². The van der Waals surface area contributed by atoms with Crippen molar-refractivity contribution in [1.82, 2.24) is 4.98 Å². The highest BCUT2D eigenvalue weighted by atomic mass is 32.1. The van der Waals surface area contributed by atoms with Gasteiger partial charge in [-0.3, -0.25) is 9.59 Å². The SMILES string of the molecule is COc1ccc(NC(=O)Cc2csc(Cc3ccccc3)n2)cc1N1CCCC1=O. The summed E-state index contributed by atoms with van der Waals surface area (Å²) in [5, 5.41) is 5.83. The zero-order valence-corrected chi connectivity index (χ0v) is 17.6. The fourth-order valence-corrected chi connectivity index (χ4v) is 4.36. The summed E-state index contributed by atoms with van der Waals surface area (Å²) in [5.41, 5.74) is 3.28. The largest absolute Gasteiger partial charge is 0.495 e. The number of hydrogen-bond donors (Lipinski definition) is 1. The van der Waals surface area contributed by atoms with Gasteiger partial charge < -0.3 is 15.0 Å². The summed E-state index contributed by atoms with van der Waals surface area (Å²) in [4.78, 5) is 31.0. The van der Waals surface area contributed by atoms with Crippen molar-refractivity contribution in [3.05, 3.63) is 70.2 Å². The lowest BCUT2D eigenvalue weighted by Gasteiger charge is -2.20. The molecule has 1 aliphatic heterocycles. The van der Waals surface area contributed by atoms with E-state index < -0.39 is 0 Å². The number of nitrogens with one attached hydrogen (secondary N) is 1. The minimum absolute atomic E-state index is 0.0743. The van der Waals surface area contributed by atoms with E-state index in [1.165, 1.54) is 5.56 Å².